The average molecular weight is 297 g/mol. The van der Waals surface area contributed by atoms with Gasteiger partial charge in [-0.15, -0.1) is 0 Å². The summed E-state index contributed by atoms with van der Waals surface area (Å²) >= 11 is 0. The summed E-state index contributed by atoms with van der Waals surface area (Å²) in [5.74, 6) is 2.69. The lowest BCUT2D eigenvalue weighted by Gasteiger charge is -2.07. The minimum absolute atomic E-state index is 0.548. The topological polar surface area (TPSA) is 31.4 Å². The van der Waals surface area contributed by atoms with Crippen LogP contribution in [0.3, 0.4) is 0 Å². The molecule has 1 saturated carbocycles. The molecule has 1 aliphatic rings. The number of aromatic nitrogens is 1. The van der Waals surface area contributed by atoms with Crippen molar-refractivity contribution in [2.75, 3.05) is 7.11 Å². The molecule has 3 heteroatoms. The fourth-order valence-electron chi connectivity index (χ4n) is 2.51. The largest absolute Gasteiger partial charge is 0.497 e. The number of pyridine rings is 1. The van der Waals surface area contributed by atoms with Gasteiger partial charge in [0.25, 0.3) is 0 Å². The van der Waals surface area contributed by atoms with Crippen LogP contribution in [0.4, 0.5) is 0 Å². The molecular formula is C19H23NO2. The molecule has 0 aliphatic heterocycles. The summed E-state index contributed by atoms with van der Waals surface area (Å²) in [4.78, 5) is 4.49. The zero-order chi connectivity index (χ0) is 15.2. The molecule has 1 heterocycles. The minimum atomic E-state index is 0.548. The van der Waals surface area contributed by atoms with Crippen molar-refractivity contribution in [2.45, 2.75) is 38.7 Å². The van der Waals surface area contributed by atoms with Gasteiger partial charge in [0.1, 0.15) is 18.1 Å². The Hall–Kier alpha value is -2.03. The van der Waals surface area contributed by atoms with Crippen LogP contribution in [-0.2, 0) is 13.0 Å². The number of hydrogen-bond acceptors (Lipinski definition) is 3. The van der Waals surface area contributed by atoms with E-state index in [1.54, 1.807) is 7.11 Å². The third kappa shape index (κ3) is 4.48. The highest BCUT2D eigenvalue weighted by Crippen LogP contribution is 2.33. The van der Waals surface area contributed by atoms with E-state index in [9.17, 15) is 0 Å². The molecule has 116 valence electrons. The van der Waals surface area contributed by atoms with E-state index in [1.165, 1.54) is 25.7 Å². The number of rotatable bonds is 8. The van der Waals surface area contributed by atoms with Crippen molar-refractivity contribution in [2.24, 2.45) is 5.92 Å². The van der Waals surface area contributed by atoms with Crippen LogP contribution >= 0.6 is 0 Å². The first-order chi connectivity index (χ1) is 10.8. The molecule has 1 aliphatic carbocycles. The third-order valence-electron chi connectivity index (χ3n) is 4.10. The van der Waals surface area contributed by atoms with Gasteiger partial charge in [-0.2, -0.15) is 0 Å². The van der Waals surface area contributed by atoms with Crippen molar-refractivity contribution >= 4 is 0 Å². The summed E-state index contributed by atoms with van der Waals surface area (Å²) in [6, 6.07) is 12.0. The van der Waals surface area contributed by atoms with Crippen LogP contribution in [0.15, 0.2) is 42.6 Å². The Labute approximate surface area is 132 Å². The van der Waals surface area contributed by atoms with E-state index < -0.39 is 0 Å². The smallest absolute Gasteiger partial charge is 0.138 e. The maximum atomic E-state index is 5.77. The van der Waals surface area contributed by atoms with Gasteiger partial charge in [0.2, 0.25) is 0 Å². The SMILES string of the molecule is COc1ccc(COc2ccc(CCCC3CC3)nc2)cc1. The Balaban J connectivity index is 1.45. The van der Waals surface area contributed by atoms with E-state index in [0.717, 1.165) is 35.1 Å². The summed E-state index contributed by atoms with van der Waals surface area (Å²) in [5, 5.41) is 0. The van der Waals surface area contributed by atoms with Crippen LogP contribution in [0, 0.1) is 5.92 Å². The Bertz CT molecular complexity index is 573. The molecule has 1 aromatic carbocycles. The van der Waals surface area contributed by atoms with Gasteiger partial charge in [-0.3, -0.25) is 4.98 Å². The molecule has 0 atom stereocenters. The number of aryl methyl sites for hydroxylation is 1. The zero-order valence-electron chi connectivity index (χ0n) is 13.1. The molecule has 3 rings (SSSR count). The van der Waals surface area contributed by atoms with Crippen LogP contribution in [0.2, 0.25) is 0 Å². The van der Waals surface area contributed by atoms with Gasteiger partial charge in [-0.25, -0.2) is 0 Å². The van der Waals surface area contributed by atoms with Crippen LogP contribution < -0.4 is 9.47 Å². The summed E-state index contributed by atoms with van der Waals surface area (Å²) in [7, 11) is 1.67. The molecule has 0 N–H and O–H groups in total. The van der Waals surface area contributed by atoms with E-state index in [0.29, 0.717) is 6.61 Å². The number of hydrogen-bond donors (Lipinski definition) is 0. The van der Waals surface area contributed by atoms with Gasteiger partial charge in [-0.1, -0.05) is 31.4 Å². The van der Waals surface area contributed by atoms with Crippen molar-refractivity contribution in [3.05, 3.63) is 53.9 Å². The molecular weight excluding hydrogens is 274 g/mol. The number of benzene rings is 1. The molecule has 0 saturated heterocycles. The average Bonchev–Trinajstić information content (AvgIpc) is 3.39. The van der Waals surface area contributed by atoms with Crippen molar-refractivity contribution < 1.29 is 9.47 Å². The maximum absolute atomic E-state index is 5.77. The fourth-order valence-corrected chi connectivity index (χ4v) is 2.51. The molecule has 0 unspecified atom stereocenters. The molecule has 0 spiro atoms. The van der Waals surface area contributed by atoms with Gasteiger partial charge < -0.3 is 9.47 Å². The first-order valence-corrected chi connectivity index (χ1v) is 8.04. The number of nitrogens with zero attached hydrogens (tertiary/aromatic N) is 1. The van der Waals surface area contributed by atoms with E-state index in [4.69, 9.17) is 9.47 Å². The second kappa shape index (κ2) is 7.30. The molecule has 22 heavy (non-hydrogen) atoms. The monoisotopic (exact) mass is 297 g/mol. The van der Waals surface area contributed by atoms with Crippen LogP contribution in [0.5, 0.6) is 11.5 Å². The Morgan fingerprint density at radius 3 is 2.45 bits per heavy atom. The minimum Gasteiger partial charge on any atom is -0.497 e. The zero-order valence-corrected chi connectivity index (χ0v) is 13.1. The van der Waals surface area contributed by atoms with E-state index in [2.05, 4.69) is 11.1 Å². The molecule has 1 fully saturated rings. The third-order valence-corrected chi connectivity index (χ3v) is 4.10. The second-order valence-corrected chi connectivity index (χ2v) is 5.96. The second-order valence-electron chi connectivity index (χ2n) is 5.96. The highest BCUT2D eigenvalue weighted by Gasteiger charge is 2.20. The first kappa shape index (κ1) is 14.9. The Kier molecular flexibility index (Phi) is 4.94. The van der Waals surface area contributed by atoms with Crippen molar-refractivity contribution in [3.8, 4) is 11.5 Å². The van der Waals surface area contributed by atoms with Crippen molar-refractivity contribution in [1.29, 1.82) is 0 Å². The molecule has 0 amide bonds. The maximum Gasteiger partial charge on any atom is 0.138 e. The van der Waals surface area contributed by atoms with Crippen LogP contribution in [0.25, 0.3) is 0 Å². The normalized spacial score (nSPS) is 13.9. The van der Waals surface area contributed by atoms with E-state index in [1.807, 2.05) is 36.5 Å². The lowest BCUT2D eigenvalue weighted by Crippen LogP contribution is -1.97. The highest BCUT2D eigenvalue weighted by atomic mass is 16.5. The number of ether oxygens (including phenoxy) is 2. The van der Waals surface area contributed by atoms with E-state index >= 15 is 0 Å². The summed E-state index contributed by atoms with van der Waals surface area (Å²) in [6.07, 6.45) is 8.39. The van der Waals surface area contributed by atoms with Gasteiger partial charge in [0, 0.05) is 5.69 Å². The van der Waals surface area contributed by atoms with Gasteiger partial charge in [0.15, 0.2) is 0 Å². The first-order valence-electron chi connectivity index (χ1n) is 8.04. The van der Waals surface area contributed by atoms with Gasteiger partial charge in [0.05, 0.1) is 13.3 Å². The fraction of sp³-hybridized carbons (Fsp3) is 0.421. The summed E-state index contributed by atoms with van der Waals surface area (Å²) in [5.41, 5.74) is 2.28. The quantitative estimate of drug-likeness (QED) is 0.723. The lowest BCUT2D eigenvalue weighted by atomic mass is 10.1. The lowest BCUT2D eigenvalue weighted by molar-refractivity contribution is 0.304. The Morgan fingerprint density at radius 1 is 1.05 bits per heavy atom. The molecule has 2 aromatic rings. The predicted octanol–water partition coefficient (Wildman–Crippen LogP) is 4.40. The highest BCUT2D eigenvalue weighted by molar-refractivity contribution is 5.27. The molecule has 3 nitrogen and oxygen atoms in total. The van der Waals surface area contributed by atoms with E-state index in [-0.39, 0.29) is 0 Å². The predicted molar refractivity (Wildman–Crippen MR) is 87.2 cm³/mol. The van der Waals surface area contributed by atoms with Gasteiger partial charge >= 0.3 is 0 Å². The molecule has 0 radical (unpaired) electrons. The standard InChI is InChI=1S/C19H23NO2/c1-21-18-10-7-16(8-11-18)14-22-19-12-9-17(20-13-19)4-2-3-15-5-6-15/h7-13,15H,2-6,14H2,1H3. The van der Waals surface area contributed by atoms with Gasteiger partial charge in [-0.05, 0) is 48.6 Å². The van der Waals surface area contributed by atoms with Crippen LogP contribution in [0.1, 0.15) is 36.9 Å². The number of methoxy groups -OCH3 is 1. The Morgan fingerprint density at radius 2 is 1.82 bits per heavy atom. The van der Waals surface area contributed by atoms with Crippen molar-refractivity contribution in [3.63, 3.8) is 0 Å². The molecule has 1 aromatic heterocycles. The molecule has 0 bridgehead atoms. The van der Waals surface area contributed by atoms with Crippen molar-refractivity contribution in [1.82, 2.24) is 4.98 Å². The summed E-state index contributed by atoms with van der Waals surface area (Å²) in [6.45, 7) is 0.548. The summed E-state index contributed by atoms with van der Waals surface area (Å²) < 4.78 is 10.9. The van der Waals surface area contributed by atoms with Crippen LogP contribution in [-0.4, -0.2) is 12.1 Å².